The number of aryl methyl sites for hydroxylation is 1. The van der Waals surface area contributed by atoms with E-state index in [0.717, 1.165) is 16.5 Å². The summed E-state index contributed by atoms with van der Waals surface area (Å²) in [5.74, 6) is -0.977. The summed E-state index contributed by atoms with van der Waals surface area (Å²) >= 11 is 0. The van der Waals surface area contributed by atoms with Crippen molar-refractivity contribution in [3.05, 3.63) is 65.9 Å². The first kappa shape index (κ1) is 16.6. The van der Waals surface area contributed by atoms with Gasteiger partial charge in [-0.25, -0.2) is 9.59 Å². The lowest BCUT2D eigenvalue weighted by Crippen LogP contribution is -2.13. The zero-order chi connectivity index (χ0) is 17.8. The lowest BCUT2D eigenvalue weighted by Gasteiger charge is -2.08. The van der Waals surface area contributed by atoms with Crippen LogP contribution in [0.15, 0.2) is 54.6 Å². The zero-order valence-electron chi connectivity index (χ0n) is 13.7. The summed E-state index contributed by atoms with van der Waals surface area (Å²) in [5, 5.41) is 12.7. The van der Waals surface area contributed by atoms with E-state index in [1.807, 2.05) is 37.3 Å². The molecular weight excluding hydrogens is 320 g/mol. The van der Waals surface area contributed by atoms with Gasteiger partial charge in [0.25, 0.3) is 0 Å². The Labute approximate surface area is 144 Å². The lowest BCUT2D eigenvalue weighted by molar-refractivity contribution is 0.0686. The highest BCUT2D eigenvalue weighted by Gasteiger charge is 2.14. The molecule has 0 unspecified atom stereocenters. The number of benzene rings is 2. The maximum atomic E-state index is 11.9. The highest BCUT2D eigenvalue weighted by atomic mass is 16.5. The van der Waals surface area contributed by atoms with Crippen LogP contribution < -0.4 is 5.32 Å². The maximum absolute atomic E-state index is 11.9. The molecule has 6 nitrogen and oxygen atoms in total. The van der Waals surface area contributed by atoms with Gasteiger partial charge in [0.15, 0.2) is 0 Å². The number of carbonyl (C=O) groups excluding carboxylic acids is 1. The molecule has 3 aromatic rings. The molecule has 25 heavy (non-hydrogen) atoms. The quantitative estimate of drug-likeness (QED) is 0.734. The molecule has 0 aliphatic carbocycles. The summed E-state index contributed by atoms with van der Waals surface area (Å²) < 4.78 is 6.90. The van der Waals surface area contributed by atoms with E-state index in [2.05, 4.69) is 5.32 Å². The first-order valence-electron chi connectivity index (χ1n) is 7.92. The number of hydrogen-bond donors (Lipinski definition) is 2. The molecule has 3 rings (SSSR count). The Morgan fingerprint density at radius 3 is 2.56 bits per heavy atom. The van der Waals surface area contributed by atoms with Crippen LogP contribution in [0.3, 0.4) is 0 Å². The second-order valence-corrected chi connectivity index (χ2v) is 5.54. The Morgan fingerprint density at radius 2 is 1.88 bits per heavy atom. The molecule has 2 N–H and O–H groups in total. The van der Waals surface area contributed by atoms with Crippen molar-refractivity contribution >= 4 is 28.7 Å². The molecule has 6 heteroatoms. The molecule has 1 heterocycles. The van der Waals surface area contributed by atoms with Crippen LogP contribution in [0, 0.1) is 0 Å². The van der Waals surface area contributed by atoms with Crippen LogP contribution in [0.1, 0.15) is 23.0 Å². The van der Waals surface area contributed by atoms with Crippen LogP contribution in [-0.4, -0.2) is 21.7 Å². The molecule has 1 aromatic heterocycles. The van der Waals surface area contributed by atoms with Gasteiger partial charge >= 0.3 is 12.1 Å². The number of hydrogen-bond acceptors (Lipinski definition) is 3. The van der Waals surface area contributed by atoms with Gasteiger partial charge in [-0.05, 0) is 36.8 Å². The molecule has 0 spiro atoms. The molecule has 0 saturated carbocycles. The normalized spacial score (nSPS) is 10.6. The molecule has 0 atom stereocenters. The van der Waals surface area contributed by atoms with Gasteiger partial charge in [0.05, 0.1) is 0 Å². The highest BCUT2D eigenvalue weighted by molar-refractivity contribution is 5.97. The third-order valence-electron chi connectivity index (χ3n) is 3.90. The van der Waals surface area contributed by atoms with Gasteiger partial charge in [0.2, 0.25) is 0 Å². The van der Waals surface area contributed by atoms with Crippen LogP contribution in [-0.2, 0) is 17.9 Å². The zero-order valence-corrected chi connectivity index (χ0v) is 13.7. The molecule has 128 valence electrons. The predicted octanol–water partition coefficient (Wildman–Crippen LogP) is 4.11. The molecule has 0 aliphatic rings. The van der Waals surface area contributed by atoms with Crippen molar-refractivity contribution in [2.75, 3.05) is 5.32 Å². The minimum Gasteiger partial charge on any atom is -0.477 e. The average molecular weight is 338 g/mol. The van der Waals surface area contributed by atoms with E-state index in [1.54, 1.807) is 28.8 Å². The lowest BCUT2D eigenvalue weighted by atomic mass is 10.2. The van der Waals surface area contributed by atoms with Gasteiger partial charge in [-0.3, -0.25) is 5.32 Å². The maximum Gasteiger partial charge on any atom is 0.411 e. The standard InChI is InChI=1S/C19H18N2O4/c1-2-21-16-9-8-15(10-14(16)11-17(21)18(22)23)20-19(24)25-12-13-6-4-3-5-7-13/h3-11H,2,12H2,1H3,(H,20,24)(H,22,23). The number of nitrogens with zero attached hydrogens (tertiary/aromatic N) is 1. The number of amides is 1. The highest BCUT2D eigenvalue weighted by Crippen LogP contribution is 2.24. The third-order valence-corrected chi connectivity index (χ3v) is 3.90. The second-order valence-electron chi connectivity index (χ2n) is 5.54. The number of nitrogens with one attached hydrogen (secondary N) is 1. The number of carbonyl (C=O) groups is 2. The summed E-state index contributed by atoms with van der Waals surface area (Å²) in [6.45, 7) is 2.63. The van der Waals surface area contributed by atoms with Gasteiger partial charge in [-0.1, -0.05) is 30.3 Å². The number of fused-ring (bicyclic) bond motifs is 1. The molecule has 0 aliphatic heterocycles. The summed E-state index contributed by atoms with van der Waals surface area (Å²) in [4.78, 5) is 23.2. The minimum atomic E-state index is -0.977. The summed E-state index contributed by atoms with van der Waals surface area (Å²) in [6.07, 6.45) is -0.559. The topological polar surface area (TPSA) is 80.6 Å². The van der Waals surface area contributed by atoms with Crippen LogP contribution in [0.2, 0.25) is 0 Å². The predicted molar refractivity (Wildman–Crippen MR) is 94.8 cm³/mol. The van der Waals surface area contributed by atoms with Crippen molar-refractivity contribution in [3.63, 3.8) is 0 Å². The Morgan fingerprint density at radius 1 is 1.12 bits per heavy atom. The summed E-state index contributed by atoms with van der Waals surface area (Å²) in [6, 6.07) is 16.3. The number of ether oxygens (including phenoxy) is 1. The molecule has 0 fully saturated rings. The fraction of sp³-hybridized carbons (Fsp3) is 0.158. The van der Waals surface area contributed by atoms with Crippen LogP contribution in [0.25, 0.3) is 10.9 Å². The van der Waals surface area contributed by atoms with Crippen LogP contribution >= 0.6 is 0 Å². The molecule has 0 bridgehead atoms. The van der Waals surface area contributed by atoms with E-state index in [-0.39, 0.29) is 12.3 Å². The van der Waals surface area contributed by atoms with E-state index < -0.39 is 12.1 Å². The van der Waals surface area contributed by atoms with Crippen molar-refractivity contribution in [1.82, 2.24) is 4.57 Å². The number of carboxylic acid groups (broad SMARTS) is 1. The summed E-state index contributed by atoms with van der Waals surface area (Å²) in [5.41, 5.74) is 2.49. The van der Waals surface area contributed by atoms with Crippen LogP contribution in [0.4, 0.5) is 10.5 Å². The van der Waals surface area contributed by atoms with Gasteiger partial charge in [0.1, 0.15) is 12.3 Å². The summed E-state index contributed by atoms with van der Waals surface area (Å²) in [7, 11) is 0. The van der Waals surface area contributed by atoms with Gasteiger partial charge in [-0.2, -0.15) is 0 Å². The smallest absolute Gasteiger partial charge is 0.411 e. The average Bonchev–Trinajstić information content (AvgIpc) is 2.99. The van der Waals surface area contributed by atoms with Gasteiger partial charge < -0.3 is 14.4 Å². The fourth-order valence-corrected chi connectivity index (χ4v) is 2.74. The SMILES string of the molecule is CCn1c(C(=O)O)cc2cc(NC(=O)OCc3ccccc3)ccc21. The van der Waals surface area contributed by atoms with Gasteiger partial charge in [-0.15, -0.1) is 0 Å². The first-order chi connectivity index (χ1) is 12.1. The Bertz CT molecular complexity index is 916. The molecule has 0 saturated heterocycles. The molecular formula is C19H18N2O4. The first-order valence-corrected chi connectivity index (χ1v) is 7.92. The number of rotatable bonds is 5. The third kappa shape index (κ3) is 3.63. The van der Waals surface area contributed by atoms with Gasteiger partial charge in [0, 0.05) is 23.1 Å². The Kier molecular flexibility index (Phi) is 4.70. The molecule has 0 radical (unpaired) electrons. The second kappa shape index (κ2) is 7.09. The largest absolute Gasteiger partial charge is 0.477 e. The number of anilines is 1. The van der Waals surface area contributed by atoms with E-state index in [1.165, 1.54) is 0 Å². The van der Waals surface area contributed by atoms with E-state index >= 15 is 0 Å². The van der Waals surface area contributed by atoms with E-state index in [0.29, 0.717) is 12.2 Å². The fourth-order valence-electron chi connectivity index (χ4n) is 2.74. The molecule has 2 aromatic carbocycles. The van der Waals surface area contributed by atoms with Crippen molar-refractivity contribution in [2.24, 2.45) is 0 Å². The van der Waals surface area contributed by atoms with Crippen molar-refractivity contribution in [3.8, 4) is 0 Å². The van der Waals surface area contributed by atoms with E-state index in [9.17, 15) is 14.7 Å². The number of aromatic nitrogens is 1. The minimum absolute atomic E-state index is 0.185. The van der Waals surface area contributed by atoms with Crippen LogP contribution in [0.5, 0.6) is 0 Å². The van der Waals surface area contributed by atoms with Crippen molar-refractivity contribution < 1.29 is 19.4 Å². The van der Waals surface area contributed by atoms with E-state index in [4.69, 9.17) is 4.74 Å². The van der Waals surface area contributed by atoms with Crippen molar-refractivity contribution in [2.45, 2.75) is 20.1 Å². The molecule has 1 amide bonds. The van der Waals surface area contributed by atoms with Crippen molar-refractivity contribution in [1.29, 1.82) is 0 Å². The monoisotopic (exact) mass is 338 g/mol. The Hall–Kier alpha value is -3.28. The Balaban J connectivity index is 1.73. The number of carboxylic acids is 1. The number of aromatic carboxylic acids is 1.